The monoisotopic (exact) mass is 377 g/mol. The van der Waals surface area contributed by atoms with Gasteiger partial charge in [0.25, 0.3) is 5.56 Å². The quantitative estimate of drug-likeness (QED) is 0.658. The molecule has 2 aromatic heterocycles. The summed E-state index contributed by atoms with van der Waals surface area (Å²) in [4.78, 5) is 22.3. The Morgan fingerprint density at radius 1 is 1.18 bits per heavy atom. The molecule has 1 aliphatic rings. The summed E-state index contributed by atoms with van der Waals surface area (Å²) >= 11 is 0. The zero-order valence-corrected chi connectivity index (χ0v) is 17.2. The number of hydrogen-bond acceptors (Lipinski definition) is 4. The number of nitrogens with zero attached hydrogens (tertiary/aromatic N) is 3. The molecule has 28 heavy (non-hydrogen) atoms. The second kappa shape index (κ2) is 7.04. The molecule has 0 radical (unpaired) electrons. The average Bonchev–Trinajstić information content (AvgIpc) is 2.62. The molecule has 5 heteroatoms. The smallest absolute Gasteiger partial charge is 0.272 e. The third-order valence-electron chi connectivity index (χ3n) is 6.21. The van der Waals surface area contributed by atoms with E-state index in [1.54, 1.807) is 20.2 Å². The lowest BCUT2D eigenvalue weighted by Gasteiger charge is -2.33. The van der Waals surface area contributed by atoms with E-state index in [4.69, 9.17) is 4.74 Å². The molecule has 1 saturated carbocycles. The summed E-state index contributed by atoms with van der Waals surface area (Å²) < 4.78 is 7.40. The number of aryl methyl sites for hydroxylation is 3. The van der Waals surface area contributed by atoms with E-state index >= 15 is 0 Å². The molecule has 3 aromatic rings. The van der Waals surface area contributed by atoms with E-state index < -0.39 is 0 Å². The van der Waals surface area contributed by atoms with Gasteiger partial charge in [-0.1, -0.05) is 6.42 Å². The van der Waals surface area contributed by atoms with Crippen LogP contribution in [0.15, 0.2) is 29.2 Å². The molecule has 1 atom stereocenters. The van der Waals surface area contributed by atoms with Gasteiger partial charge < -0.3 is 9.30 Å². The van der Waals surface area contributed by atoms with E-state index in [9.17, 15) is 4.79 Å². The first kappa shape index (κ1) is 18.7. The van der Waals surface area contributed by atoms with Crippen LogP contribution in [0, 0.1) is 26.7 Å². The first-order valence-electron chi connectivity index (χ1n) is 9.95. The SMILES string of the molecule is COc1cc(C)c(-c2nccc3c2nc(C)c(=O)n3[C@H](C)C2CCC2)cc1C. The van der Waals surface area contributed by atoms with Crippen molar-refractivity contribution in [3.05, 3.63) is 51.6 Å². The lowest BCUT2D eigenvalue weighted by Crippen LogP contribution is -2.33. The van der Waals surface area contributed by atoms with Crippen molar-refractivity contribution in [2.24, 2.45) is 5.92 Å². The minimum Gasteiger partial charge on any atom is -0.496 e. The largest absolute Gasteiger partial charge is 0.496 e. The predicted octanol–water partition coefficient (Wildman–Crippen LogP) is 4.75. The number of aromatic nitrogens is 3. The normalized spacial score (nSPS) is 15.5. The summed E-state index contributed by atoms with van der Waals surface area (Å²) in [5, 5.41) is 0. The second-order valence-corrected chi connectivity index (χ2v) is 7.97. The van der Waals surface area contributed by atoms with Gasteiger partial charge in [-0.15, -0.1) is 0 Å². The first-order valence-corrected chi connectivity index (χ1v) is 9.95. The Balaban J connectivity index is 1.99. The fraction of sp³-hybridized carbons (Fsp3) is 0.435. The second-order valence-electron chi connectivity index (χ2n) is 7.97. The summed E-state index contributed by atoms with van der Waals surface area (Å²) in [6.07, 6.45) is 5.41. The molecule has 5 nitrogen and oxygen atoms in total. The molecular formula is C23H27N3O2. The van der Waals surface area contributed by atoms with Gasteiger partial charge in [0.15, 0.2) is 0 Å². The third-order valence-corrected chi connectivity index (χ3v) is 6.21. The number of benzene rings is 1. The van der Waals surface area contributed by atoms with Crippen molar-refractivity contribution in [1.29, 1.82) is 0 Å². The van der Waals surface area contributed by atoms with E-state index in [-0.39, 0.29) is 11.6 Å². The van der Waals surface area contributed by atoms with Crippen LogP contribution in [0.3, 0.4) is 0 Å². The van der Waals surface area contributed by atoms with Crippen molar-refractivity contribution in [3.63, 3.8) is 0 Å². The van der Waals surface area contributed by atoms with Gasteiger partial charge >= 0.3 is 0 Å². The maximum absolute atomic E-state index is 13.0. The Morgan fingerprint density at radius 3 is 2.57 bits per heavy atom. The molecule has 4 rings (SSSR count). The van der Waals surface area contributed by atoms with Gasteiger partial charge in [-0.2, -0.15) is 0 Å². The molecule has 0 aliphatic heterocycles. The van der Waals surface area contributed by atoms with Gasteiger partial charge in [0.2, 0.25) is 0 Å². The Labute approximate surface area is 165 Å². The molecule has 146 valence electrons. The van der Waals surface area contributed by atoms with E-state index in [1.165, 1.54) is 19.3 Å². The molecular weight excluding hydrogens is 350 g/mol. The van der Waals surface area contributed by atoms with E-state index in [1.807, 2.05) is 23.6 Å². The first-order chi connectivity index (χ1) is 13.4. The number of pyridine rings is 1. The molecule has 0 unspecified atom stereocenters. The highest BCUT2D eigenvalue weighted by Gasteiger charge is 2.28. The lowest BCUT2D eigenvalue weighted by molar-refractivity contribution is 0.222. The average molecular weight is 377 g/mol. The summed E-state index contributed by atoms with van der Waals surface area (Å²) in [6.45, 7) is 8.04. The molecule has 0 bridgehead atoms. The van der Waals surface area contributed by atoms with Gasteiger partial charge in [-0.3, -0.25) is 9.78 Å². The van der Waals surface area contributed by atoms with Crippen LogP contribution in [0.25, 0.3) is 22.3 Å². The summed E-state index contributed by atoms with van der Waals surface area (Å²) in [6, 6.07) is 6.22. The topological polar surface area (TPSA) is 57.0 Å². The summed E-state index contributed by atoms with van der Waals surface area (Å²) in [5.41, 5.74) is 6.16. The highest BCUT2D eigenvalue weighted by molar-refractivity contribution is 5.90. The van der Waals surface area contributed by atoms with Crippen LogP contribution in [0.4, 0.5) is 0 Å². The van der Waals surface area contributed by atoms with Crippen LogP contribution in [-0.2, 0) is 0 Å². The number of ether oxygens (including phenoxy) is 1. The summed E-state index contributed by atoms with van der Waals surface area (Å²) in [5.74, 6) is 1.42. The van der Waals surface area contributed by atoms with Crippen molar-refractivity contribution in [2.75, 3.05) is 7.11 Å². The predicted molar refractivity (Wildman–Crippen MR) is 112 cm³/mol. The van der Waals surface area contributed by atoms with E-state index in [0.29, 0.717) is 11.6 Å². The molecule has 1 fully saturated rings. The van der Waals surface area contributed by atoms with Crippen LogP contribution >= 0.6 is 0 Å². The lowest BCUT2D eigenvalue weighted by atomic mass is 9.80. The molecule has 1 aliphatic carbocycles. The molecule has 0 spiro atoms. The van der Waals surface area contributed by atoms with E-state index in [2.05, 4.69) is 29.9 Å². The minimum atomic E-state index is 0.00619. The van der Waals surface area contributed by atoms with Crippen molar-refractivity contribution < 1.29 is 4.74 Å². The van der Waals surface area contributed by atoms with Crippen molar-refractivity contribution >= 4 is 11.0 Å². The Bertz CT molecular complexity index is 1110. The van der Waals surface area contributed by atoms with Gasteiger partial charge in [0.05, 0.1) is 18.3 Å². The van der Waals surface area contributed by atoms with Gasteiger partial charge in [-0.25, -0.2) is 4.98 Å². The van der Waals surface area contributed by atoms with Crippen LogP contribution in [0.1, 0.15) is 49.0 Å². The Hall–Kier alpha value is -2.69. The molecule has 1 aromatic carbocycles. The van der Waals surface area contributed by atoms with E-state index in [0.717, 1.165) is 39.2 Å². The van der Waals surface area contributed by atoms with Crippen LogP contribution in [-0.4, -0.2) is 21.6 Å². The molecule has 0 amide bonds. The minimum absolute atomic E-state index is 0.00619. The molecule has 0 saturated heterocycles. The number of methoxy groups -OCH3 is 1. The number of hydrogen-bond donors (Lipinski definition) is 0. The zero-order valence-electron chi connectivity index (χ0n) is 17.2. The maximum atomic E-state index is 13.0. The third kappa shape index (κ3) is 2.89. The highest BCUT2D eigenvalue weighted by atomic mass is 16.5. The van der Waals surface area contributed by atoms with Crippen LogP contribution in [0.5, 0.6) is 5.75 Å². The van der Waals surface area contributed by atoms with Crippen molar-refractivity contribution in [1.82, 2.24) is 14.5 Å². The molecule has 2 heterocycles. The van der Waals surface area contributed by atoms with Crippen molar-refractivity contribution in [2.45, 2.75) is 53.0 Å². The number of fused-ring (bicyclic) bond motifs is 1. The maximum Gasteiger partial charge on any atom is 0.272 e. The molecule has 0 N–H and O–H groups in total. The highest BCUT2D eigenvalue weighted by Crippen LogP contribution is 2.38. The Morgan fingerprint density at radius 2 is 1.93 bits per heavy atom. The Kier molecular flexibility index (Phi) is 4.69. The van der Waals surface area contributed by atoms with Crippen molar-refractivity contribution in [3.8, 4) is 17.0 Å². The zero-order chi connectivity index (χ0) is 20.0. The van der Waals surface area contributed by atoms with Gasteiger partial charge in [0.1, 0.15) is 17.0 Å². The number of rotatable bonds is 4. The fourth-order valence-electron chi connectivity index (χ4n) is 4.25. The van der Waals surface area contributed by atoms with Crippen LogP contribution in [0.2, 0.25) is 0 Å². The summed E-state index contributed by atoms with van der Waals surface area (Å²) in [7, 11) is 1.68. The van der Waals surface area contributed by atoms with Gasteiger partial charge in [0, 0.05) is 17.8 Å². The fourth-order valence-corrected chi connectivity index (χ4v) is 4.25. The standard InChI is InChI=1S/C23H27N3O2/c1-13-12-20(28-5)14(2)11-18(13)21-22-19(9-10-24-21)26(23(27)15(3)25-22)16(4)17-7-6-8-17/h9-12,16-17H,6-8H2,1-5H3/t16-/m1/s1. The van der Waals surface area contributed by atoms with Gasteiger partial charge in [-0.05, 0) is 75.8 Å². The van der Waals surface area contributed by atoms with Crippen LogP contribution < -0.4 is 10.3 Å².